The van der Waals surface area contributed by atoms with Crippen molar-refractivity contribution in [1.82, 2.24) is 0 Å². The fourth-order valence-corrected chi connectivity index (χ4v) is 4.30. The molecule has 0 saturated heterocycles. The molecule has 3 N–H and O–H groups in total. The molecule has 33 heavy (non-hydrogen) atoms. The maximum atomic E-state index is 11.7. The Morgan fingerprint density at radius 3 is 1.55 bits per heavy atom. The lowest BCUT2D eigenvalue weighted by Gasteiger charge is -2.13. The Morgan fingerprint density at radius 1 is 0.758 bits per heavy atom. The number of cyclic esters (lactones) is 1. The number of hydrogen-bond acceptors (Lipinski definition) is 6. The molecule has 0 aromatic heterocycles. The monoisotopic (exact) mass is 470 g/mol. The zero-order valence-electron chi connectivity index (χ0n) is 21.1. The molecule has 0 aromatic carbocycles. The second kappa shape index (κ2) is 20.1. The molecule has 194 valence electrons. The van der Waals surface area contributed by atoms with E-state index in [4.69, 9.17) is 14.6 Å². The van der Waals surface area contributed by atoms with Gasteiger partial charge < -0.3 is 24.8 Å². The van der Waals surface area contributed by atoms with Crippen LogP contribution in [0.4, 0.5) is 0 Å². The van der Waals surface area contributed by atoms with E-state index in [0.717, 1.165) is 19.3 Å². The lowest BCUT2D eigenvalue weighted by molar-refractivity contribution is -0.148. The summed E-state index contributed by atoms with van der Waals surface area (Å²) in [5, 5.41) is 28.4. The molecule has 0 bridgehead atoms. The third-order valence-corrected chi connectivity index (χ3v) is 6.45. The summed E-state index contributed by atoms with van der Waals surface area (Å²) in [5.41, 5.74) is 0. The van der Waals surface area contributed by atoms with Gasteiger partial charge in [-0.2, -0.15) is 0 Å². The van der Waals surface area contributed by atoms with Crippen LogP contribution in [0.2, 0.25) is 0 Å². The summed E-state index contributed by atoms with van der Waals surface area (Å²) in [6.45, 7) is 2.00. The first-order valence-electron chi connectivity index (χ1n) is 13.7. The van der Waals surface area contributed by atoms with E-state index in [0.29, 0.717) is 6.61 Å². The average Bonchev–Trinajstić information content (AvgIpc) is 3.10. The van der Waals surface area contributed by atoms with Gasteiger partial charge in [0.15, 0.2) is 11.9 Å². The van der Waals surface area contributed by atoms with Crippen LogP contribution >= 0.6 is 0 Å². The minimum atomic E-state index is -1.34. The number of rotatable bonds is 23. The molecule has 1 heterocycles. The Labute approximate surface area is 201 Å². The van der Waals surface area contributed by atoms with Gasteiger partial charge in [-0.05, 0) is 6.42 Å². The number of esters is 1. The van der Waals surface area contributed by atoms with Crippen LogP contribution in [-0.4, -0.2) is 46.7 Å². The summed E-state index contributed by atoms with van der Waals surface area (Å²) >= 11 is 0. The van der Waals surface area contributed by atoms with Crippen LogP contribution in [0.1, 0.15) is 129 Å². The van der Waals surface area contributed by atoms with Crippen molar-refractivity contribution in [3.05, 3.63) is 11.5 Å². The fraction of sp³-hybridized carbons (Fsp3) is 0.889. The molecule has 0 aliphatic carbocycles. The molecule has 0 amide bonds. The van der Waals surface area contributed by atoms with Crippen LogP contribution in [0, 0.1) is 0 Å². The number of hydrogen-bond donors (Lipinski definition) is 3. The number of carbonyl (C=O) groups is 1. The predicted molar refractivity (Wildman–Crippen MR) is 132 cm³/mol. The van der Waals surface area contributed by atoms with Crippen molar-refractivity contribution in [1.29, 1.82) is 0 Å². The summed E-state index contributed by atoms with van der Waals surface area (Å²) in [4.78, 5) is 11.7. The van der Waals surface area contributed by atoms with Gasteiger partial charge in [0, 0.05) is 0 Å². The molecule has 1 rings (SSSR count). The number of aliphatic hydroxyl groups excluding tert-OH is 3. The van der Waals surface area contributed by atoms with Crippen molar-refractivity contribution in [3.63, 3.8) is 0 Å². The smallest absolute Gasteiger partial charge is 0.378 e. The van der Waals surface area contributed by atoms with Crippen LogP contribution < -0.4 is 0 Å². The van der Waals surface area contributed by atoms with Crippen molar-refractivity contribution >= 4 is 5.97 Å². The van der Waals surface area contributed by atoms with Crippen LogP contribution in [0.25, 0.3) is 0 Å². The van der Waals surface area contributed by atoms with Gasteiger partial charge in [0.05, 0.1) is 13.2 Å². The third-order valence-electron chi connectivity index (χ3n) is 6.45. The number of aliphatic hydroxyl groups is 3. The lowest BCUT2D eigenvalue weighted by atomic mass is 10.0. The zero-order valence-corrected chi connectivity index (χ0v) is 21.1. The summed E-state index contributed by atoms with van der Waals surface area (Å²) in [7, 11) is 0. The molecule has 0 fully saturated rings. The Bertz CT molecular complexity index is 519. The van der Waals surface area contributed by atoms with Crippen molar-refractivity contribution in [2.24, 2.45) is 0 Å². The van der Waals surface area contributed by atoms with E-state index in [1.54, 1.807) is 0 Å². The summed E-state index contributed by atoms with van der Waals surface area (Å²) < 4.78 is 10.2. The number of ether oxygens (including phenoxy) is 2. The van der Waals surface area contributed by atoms with Gasteiger partial charge in [-0.15, -0.1) is 0 Å². The Morgan fingerprint density at radius 2 is 1.15 bits per heavy atom. The van der Waals surface area contributed by atoms with Gasteiger partial charge in [-0.1, -0.05) is 122 Å². The maximum absolute atomic E-state index is 11.7. The summed E-state index contributed by atoms with van der Waals surface area (Å²) in [5.74, 6) is -1.46. The van der Waals surface area contributed by atoms with E-state index in [-0.39, 0.29) is 5.76 Å². The highest BCUT2D eigenvalue weighted by atomic mass is 16.6. The van der Waals surface area contributed by atoms with Crippen molar-refractivity contribution in [3.8, 4) is 0 Å². The molecular formula is C27H50O6. The summed E-state index contributed by atoms with van der Waals surface area (Å²) in [6.07, 6.45) is 22.4. The topological polar surface area (TPSA) is 96.2 Å². The SMILES string of the molecule is CCCCCCCCCCCCCCCCCCCCCOC1=C(O)C(C(O)CO)OC1=O. The van der Waals surface area contributed by atoms with E-state index in [1.807, 2.05) is 0 Å². The minimum absolute atomic E-state index is 0.241. The van der Waals surface area contributed by atoms with E-state index < -0.39 is 30.5 Å². The van der Waals surface area contributed by atoms with Gasteiger partial charge in [0.2, 0.25) is 5.76 Å². The van der Waals surface area contributed by atoms with Crippen LogP contribution in [-0.2, 0) is 14.3 Å². The van der Waals surface area contributed by atoms with Crippen molar-refractivity contribution < 1.29 is 29.6 Å². The molecule has 1 aliphatic rings. The maximum Gasteiger partial charge on any atom is 0.378 e. The number of carbonyl (C=O) groups excluding carboxylic acids is 1. The molecule has 0 aromatic rings. The van der Waals surface area contributed by atoms with E-state index in [9.17, 15) is 15.0 Å². The predicted octanol–water partition coefficient (Wildman–Crippen LogP) is 6.48. The first-order chi connectivity index (χ1) is 16.1. The third kappa shape index (κ3) is 13.9. The minimum Gasteiger partial charge on any atom is -0.505 e. The van der Waals surface area contributed by atoms with Gasteiger partial charge in [0.25, 0.3) is 0 Å². The first-order valence-corrected chi connectivity index (χ1v) is 13.7. The van der Waals surface area contributed by atoms with E-state index >= 15 is 0 Å². The average molecular weight is 471 g/mol. The van der Waals surface area contributed by atoms with Gasteiger partial charge in [-0.25, -0.2) is 4.79 Å². The van der Waals surface area contributed by atoms with Crippen LogP contribution in [0.15, 0.2) is 11.5 Å². The van der Waals surface area contributed by atoms with Crippen LogP contribution in [0.3, 0.4) is 0 Å². The Hall–Kier alpha value is -1.27. The zero-order chi connectivity index (χ0) is 24.2. The highest BCUT2D eigenvalue weighted by Crippen LogP contribution is 2.24. The molecule has 0 spiro atoms. The van der Waals surface area contributed by atoms with Gasteiger partial charge in [0.1, 0.15) is 6.10 Å². The van der Waals surface area contributed by atoms with E-state index in [2.05, 4.69) is 6.92 Å². The van der Waals surface area contributed by atoms with Crippen molar-refractivity contribution in [2.75, 3.05) is 13.2 Å². The largest absolute Gasteiger partial charge is 0.505 e. The molecule has 0 saturated carbocycles. The Balaban J connectivity index is 1.83. The first kappa shape index (κ1) is 29.8. The fourth-order valence-electron chi connectivity index (χ4n) is 4.30. The number of unbranched alkanes of at least 4 members (excludes halogenated alkanes) is 18. The van der Waals surface area contributed by atoms with Gasteiger partial charge >= 0.3 is 5.97 Å². The van der Waals surface area contributed by atoms with E-state index in [1.165, 1.54) is 103 Å². The van der Waals surface area contributed by atoms with Gasteiger partial charge in [-0.3, -0.25) is 0 Å². The van der Waals surface area contributed by atoms with Crippen LogP contribution in [0.5, 0.6) is 0 Å². The Kier molecular flexibility index (Phi) is 18.2. The molecule has 6 heteroatoms. The quantitative estimate of drug-likeness (QED) is 0.117. The molecule has 1 aliphatic heterocycles. The summed E-state index contributed by atoms with van der Waals surface area (Å²) in [6, 6.07) is 0. The molecule has 0 radical (unpaired) electrons. The second-order valence-electron chi connectivity index (χ2n) is 9.50. The van der Waals surface area contributed by atoms with Crippen molar-refractivity contribution in [2.45, 2.75) is 141 Å². The molecular weight excluding hydrogens is 420 g/mol. The highest BCUT2D eigenvalue weighted by Gasteiger charge is 2.40. The molecule has 2 unspecified atom stereocenters. The lowest BCUT2D eigenvalue weighted by Crippen LogP contribution is -2.31. The standard InChI is InChI=1S/C27H50O6/c1-2-3-4-5-6-7-8-9-10-11-12-13-14-15-16-17-18-19-20-21-32-26-24(30)25(23(29)22-28)33-27(26)31/h23,25,28-30H,2-22H2,1H3. The highest BCUT2D eigenvalue weighted by molar-refractivity contribution is 5.89. The normalized spacial score (nSPS) is 16.9. The second-order valence-corrected chi connectivity index (χ2v) is 9.50. The molecule has 2 atom stereocenters. The molecule has 6 nitrogen and oxygen atoms in total.